The molecule has 1 atom stereocenters. The Hall–Kier alpha value is -2.91. The zero-order chi connectivity index (χ0) is 16.9. The molecule has 0 aliphatic rings. The first kappa shape index (κ1) is 16.0. The summed E-state index contributed by atoms with van der Waals surface area (Å²) in [6.07, 6.45) is 1.60. The number of nitrogens with zero attached hydrogens (tertiary/aromatic N) is 3. The Labute approximate surface area is 143 Å². The van der Waals surface area contributed by atoms with Crippen molar-refractivity contribution in [1.29, 1.82) is 5.26 Å². The van der Waals surface area contributed by atoms with E-state index in [4.69, 9.17) is 9.47 Å². The summed E-state index contributed by atoms with van der Waals surface area (Å²) in [4.78, 5) is 8.93. The van der Waals surface area contributed by atoms with Gasteiger partial charge in [0.15, 0.2) is 0 Å². The molecule has 0 aliphatic carbocycles. The van der Waals surface area contributed by atoms with E-state index in [0.29, 0.717) is 17.2 Å². The minimum Gasteiger partial charge on any atom is -0.497 e. The summed E-state index contributed by atoms with van der Waals surface area (Å²) in [5.41, 5.74) is 1.54. The van der Waals surface area contributed by atoms with Crippen LogP contribution in [0.1, 0.15) is 10.9 Å². The lowest BCUT2D eigenvalue weighted by molar-refractivity contribution is 0.395. The largest absolute Gasteiger partial charge is 0.497 e. The Morgan fingerprint density at radius 3 is 2.75 bits per heavy atom. The van der Waals surface area contributed by atoms with E-state index in [1.807, 2.05) is 24.3 Å². The molecule has 0 saturated carbocycles. The third-order valence-electron chi connectivity index (χ3n) is 3.47. The van der Waals surface area contributed by atoms with Crippen molar-refractivity contribution in [3.63, 3.8) is 0 Å². The zero-order valence-corrected chi connectivity index (χ0v) is 14.1. The zero-order valence-electron chi connectivity index (χ0n) is 13.3. The van der Waals surface area contributed by atoms with E-state index in [1.165, 1.54) is 11.3 Å². The van der Waals surface area contributed by atoms with E-state index in [9.17, 15) is 5.26 Å². The number of thiazole rings is 1. The topological polar surface area (TPSA) is 67.5 Å². The minimum absolute atomic E-state index is 0.505. The van der Waals surface area contributed by atoms with E-state index in [-0.39, 0.29) is 0 Å². The normalized spacial score (nSPS) is 12.2. The molecule has 0 radical (unpaired) electrons. The second kappa shape index (κ2) is 7.11. The van der Waals surface area contributed by atoms with Gasteiger partial charge in [-0.3, -0.25) is 4.99 Å². The smallest absolute Gasteiger partial charge is 0.148 e. The van der Waals surface area contributed by atoms with Gasteiger partial charge in [0.25, 0.3) is 0 Å². The van der Waals surface area contributed by atoms with Crippen molar-refractivity contribution in [3.8, 4) is 17.6 Å². The van der Waals surface area contributed by atoms with E-state index in [1.54, 1.807) is 38.6 Å². The van der Waals surface area contributed by atoms with Crippen LogP contribution in [0.2, 0.25) is 0 Å². The van der Waals surface area contributed by atoms with Crippen LogP contribution in [0.3, 0.4) is 0 Å². The van der Waals surface area contributed by atoms with Crippen LogP contribution in [0.25, 0.3) is 10.2 Å². The van der Waals surface area contributed by atoms with Gasteiger partial charge in [-0.15, -0.1) is 11.3 Å². The van der Waals surface area contributed by atoms with Gasteiger partial charge in [0.2, 0.25) is 0 Å². The summed E-state index contributed by atoms with van der Waals surface area (Å²) in [6, 6.07) is 15.4. The van der Waals surface area contributed by atoms with Crippen LogP contribution in [0, 0.1) is 11.3 Å². The molecule has 0 aliphatic heterocycles. The number of nitriles is 1. The third-order valence-corrected chi connectivity index (χ3v) is 4.58. The maximum Gasteiger partial charge on any atom is 0.148 e. The number of rotatable bonds is 5. The van der Waals surface area contributed by atoms with Crippen LogP contribution in [0.15, 0.2) is 47.5 Å². The van der Waals surface area contributed by atoms with Crippen molar-refractivity contribution < 1.29 is 9.47 Å². The molecule has 120 valence electrons. The van der Waals surface area contributed by atoms with Crippen LogP contribution < -0.4 is 9.47 Å². The average Bonchev–Trinajstić information content (AvgIpc) is 3.06. The summed E-state index contributed by atoms with van der Waals surface area (Å²) in [5.74, 6) is 0.773. The van der Waals surface area contributed by atoms with Crippen LogP contribution in [0.5, 0.6) is 11.5 Å². The van der Waals surface area contributed by atoms with Gasteiger partial charge in [0, 0.05) is 12.3 Å². The number of aromatic nitrogens is 1. The first-order chi connectivity index (χ1) is 11.7. The van der Waals surface area contributed by atoms with Gasteiger partial charge in [-0.25, -0.2) is 4.98 Å². The summed E-state index contributed by atoms with van der Waals surface area (Å²) in [6.45, 7) is 0. The molecule has 1 heterocycles. The molecule has 0 fully saturated rings. The van der Waals surface area contributed by atoms with Gasteiger partial charge in [0.1, 0.15) is 28.1 Å². The molecule has 0 spiro atoms. The first-order valence-corrected chi connectivity index (χ1v) is 8.08. The highest BCUT2D eigenvalue weighted by atomic mass is 32.1. The summed E-state index contributed by atoms with van der Waals surface area (Å²) in [7, 11) is 3.17. The summed E-state index contributed by atoms with van der Waals surface area (Å²) >= 11 is 1.51. The standard InChI is InChI=1S/C18H15N3O2S/c1-22-13-7-8-14(16(9-13)23-2)20-11-12(10-19)18-21-15-5-3-4-6-17(15)24-18/h3-9,11-12H,1-2H3. The highest BCUT2D eigenvalue weighted by molar-refractivity contribution is 7.18. The molecule has 24 heavy (non-hydrogen) atoms. The first-order valence-electron chi connectivity index (χ1n) is 7.26. The lowest BCUT2D eigenvalue weighted by Crippen LogP contribution is -1.96. The van der Waals surface area contributed by atoms with Crippen LogP contribution in [0.4, 0.5) is 5.69 Å². The number of fused-ring (bicyclic) bond motifs is 1. The number of hydrogen-bond donors (Lipinski definition) is 0. The average molecular weight is 337 g/mol. The van der Waals surface area contributed by atoms with Gasteiger partial charge >= 0.3 is 0 Å². The Kier molecular flexibility index (Phi) is 4.73. The molecule has 0 bridgehead atoms. The quantitative estimate of drug-likeness (QED) is 0.650. The second-order valence-corrected chi connectivity index (χ2v) is 6.00. The molecule has 0 saturated heterocycles. The number of aliphatic imine (C=N–C) groups is 1. The minimum atomic E-state index is -0.505. The van der Waals surface area contributed by atoms with Crippen LogP contribution in [-0.2, 0) is 0 Å². The van der Waals surface area contributed by atoms with E-state index < -0.39 is 5.92 Å². The highest BCUT2D eigenvalue weighted by Crippen LogP contribution is 2.32. The van der Waals surface area contributed by atoms with Gasteiger partial charge in [-0.05, 0) is 24.3 Å². The molecule has 1 unspecified atom stereocenters. The monoisotopic (exact) mass is 337 g/mol. The van der Waals surface area contributed by atoms with Crippen molar-refractivity contribution in [2.75, 3.05) is 14.2 Å². The van der Waals surface area contributed by atoms with Gasteiger partial charge in [-0.1, -0.05) is 12.1 Å². The van der Waals surface area contributed by atoms with Crippen LogP contribution >= 0.6 is 11.3 Å². The molecule has 6 heteroatoms. The Morgan fingerprint density at radius 2 is 2.04 bits per heavy atom. The van der Waals surface area contributed by atoms with Crippen LogP contribution in [-0.4, -0.2) is 25.4 Å². The molecule has 0 N–H and O–H groups in total. The number of methoxy groups -OCH3 is 2. The molecule has 5 nitrogen and oxygen atoms in total. The predicted molar refractivity (Wildman–Crippen MR) is 95.7 cm³/mol. The maximum atomic E-state index is 9.47. The number of benzene rings is 2. The molecule has 2 aromatic carbocycles. The van der Waals surface area contributed by atoms with Gasteiger partial charge in [0.05, 0.1) is 30.5 Å². The van der Waals surface area contributed by atoms with Gasteiger partial charge in [-0.2, -0.15) is 5.26 Å². The number of para-hydroxylation sites is 1. The Bertz CT molecular complexity index is 894. The van der Waals surface area contributed by atoms with E-state index in [0.717, 1.165) is 15.2 Å². The Balaban J connectivity index is 1.90. The fourth-order valence-electron chi connectivity index (χ4n) is 2.22. The van der Waals surface area contributed by atoms with Crippen molar-refractivity contribution in [2.45, 2.75) is 5.92 Å². The van der Waals surface area contributed by atoms with E-state index >= 15 is 0 Å². The van der Waals surface area contributed by atoms with Crippen molar-refractivity contribution in [3.05, 3.63) is 47.5 Å². The lowest BCUT2D eigenvalue weighted by atomic mass is 10.2. The fourth-order valence-corrected chi connectivity index (χ4v) is 3.20. The number of ether oxygens (including phenoxy) is 2. The van der Waals surface area contributed by atoms with Crippen molar-refractivity contribution in [1.82, 2.24) is 4.98 Å². The summed E-state index contributed by atoms with van der Waals surface area (Å²) < 4.78 is 11.5. The third kappa shape index (κ3) is 3.21. The predicted octanol–water partition coefficient (Wildman–Crippen LogP) is 4.32. The molecule has 3 rings (SSSR count). The van der Waals surface area contributed by atoms with E-state index in [2.05, 4.69) is 16.0 Å². The molecule has 1 aromatic heterocycles. The maximum absolute atomic E-state index is 9.47. The highest BCUT2D eigenvalue weighted by Gasteiger charge is 2.14. The fraction of sp³-hybridized carbons (Fsp3) is 0.167. The van der Waals surface area contributed by atoms with Crippen molar-refractivity contribution in [2.24, 2.45) is 4.99 Å². The SMILES string of the molecule is COc1ccc(N=CC(C#N)c2nc3ccccc3s2)c(OC)c1. The number of hydrogen-bond acceptors (Lipinski definition) is 6. The molecule has 3 aromatic rings. The second-order valence-electron chi connectivity index (χ2n) is 4.94. The molecular weight excluding hydrogens is 322 g/mol. The lowest BCUT2D eigenvalue weighted by Gasteiger charge is -2.07. The summed E-state index contributed by atoms with van der Waals surface area (Å²) in [5, 5.41) is 10.2. The molecular formula is C18H15N3O2S. The van der Waals surface area contributed by atoms with Crippen molar-refractivity contribution >= 4 is 33.5 Å². The molecule has 0 amide bonds. The van der Waals surface area contributed by atoms with Gasteiger partial charge < -0.3 is 9.47 Å². The Morgan fingerprint density at radius 1 is 1.21 bits per heavy atom.